The number of carbonyl (C=O) groups excluding carboxylic acids is 1. The van der Waals surface area contributed by atoms with Gasteiger partial charge in [0.2, 0.25) is 5.91 Å². The highest BCUT2D eigenvalue weighted by atomic mass is 16.5. The van der Waals surface area contributed by atoms with Gasteiger partial charge in [-0.1, -0.05) is 18.2 Å². The third-order valence-electron chi connectivity index (χ3n) is 4.49. The number of methoxy groups -OCH3 is 1. The number of ether oxygens (including phenoxy) is 1. The molecule has 0 saturated carbocycles. The van der Waals surface area contributed by atoms with Crippen molar-refractivity contribution in [1.29, 1.82) is 0 Å². The van der Waals surface area contributed by atoms with Gasteiger partial charge in [-0.2, -0.15) is 0 Å². The maximum atomic E-state index is 13.0. The summed E-state index contributed by atoms with van der Waals surface area (Å²) >= 11 is 0. The molecule has 4 aromatic rings. The molecule has 0 fully saturated rings. The Labute approximate surface area is 153 Å². The van der Waals surface area contributed by atoms with Crippen LogP contribution >= 0.6 is 0 Å². The molecule has 0 amide bonds. The molecule has 0 aliphatic heterocycles. The van der Waals surface area contributed by atoms with E-state index in [9.17, 15) is 14.4 Å². The molecule has 0 aliphatic carbocycles. The van der Waals surface area contributed by atoms with Crippen molar-refractivity contribution < 1.29 is 13.9 Å². The highest BCUT2D eigenvalue weighted by molar-refractivity contribution is 6.06. The molecule has 2 aromatic heterocycles. The van der Waals surface area contributed by atoms with E-state index >= 15 is 0 Å². The van der Waals surface area contributed by atoms with Gasteiger partial charge >= 0.3 is 5.63 Å². The summed E-state index contributed by atoms with van der Waals surface area (Å²) in [7, 11) is 1.56. The first-order valence-corrected chi connectivity index (χ1v) is 8.28. The Morgan fingerprint density at radius 1 is 1.00 bits per heavy atom. The van der Waals surface area contributed by atoms with Crippen molar-refractivity contribution in [2.75, 3.05) is 7.11 Å². The largest absolute Gasteiger partial charge is 0.497 e. The van der Waals surface area contributed by atoms with Crippen LogP contribution < -0.4 is 15.9 Å². The van der Waals surface area contributed by atoms with Crippen LogP contribution in [0.3, 0.4) is 0 Å². The molecule has 0 N–H and O–H groups in total. The van der Waals surface area contributed by atoms with E-state index in [0.717, 1.165) is 4.57 Å². The van der Waals surface area contributed by atoms with Crippen LogP contribution in [0.1, 0.15) is 11.7 Å². The quantitative estimate of drug-likeness (QED) is 0.404. The second-order valence-corrected chi connectivity index (χ2v) is 6.09. The second-order valence-electron chi connectivity index (χ2n) is 6.09. The monoisotopic (exact) mass is 361 g/mol. The van der Waals surface area contributed by atoms with Crippen LogP contribution in [-0.2, 0) is 0 Å². The molecular weight excluding hydrogens is 346 g/mol. The minimum Gasteiger partial charge on any atom is -0.497 e. The number of fused-ring (bicyclic) bond motifs is 3. The molecule has 6 heteroatoms. The third kappa shape index (κ3) is 2.62. The summed E-state index contributed by atoms with van der Waals surface area (Å²) in [6.45, 7) is 1.28. The number of benzene rings is 2. The Hall–Kier alpha value is -3.67. The van der Waals surface area contributed by atoms with Gasteiger partial charge in [-0.25, -0.2) is 9.36 Å². The summed E-state index contributed by atoms with van der Waals surface area (Å²) < 4.78 is 11.4. The molecule has 0 saturated heterocycles. The smallest absolute Gasteiger partial charge is 0.349 e. The molecule has 2 aromatic carbocycles. The number of aromatic nitrogens is 1. The van der Waals surface area contributed by atoms with Gasteiger partial charge in [0.05, 0.1) is 12.8 Å². The molecule has 0 spiro atoms. The molecule has 0 unspecified atom stereocenters. The van der Waals surface area contributed by atoms with Gasteiger partial charge in [0.15, 0.2) is 0 Å². The van der Waals surface area contributed by atoms with Crippen LogP contribution in [0.2, 0.25) is 0 Å². The standard InChI is InChI=1S/C21H15NO5/c1-12(23)22-17(13-7-9-14(26-2)10-8-13)11-16-15-5-3-4-6-18(15)27-21(25)19(16)20(22)24/h3-11H,1-2H3. The topological polar surface area (TPSA) is 78.5 Å². The lowest BCUT2D eigenvalue weighted by molar-refractivity contribution is 0.0935. The summed E-state index contributed by atoms with van der Waals surface area (Å²) in [5.41, 5.74) is -0.00770. The number of nitrogens with zero attached hydrogens (tertiary/aromatic N) is 1. The molecule has 134 valence electrons. The molecule has 0 radical (unpaired) electrons. The van der Waals surface area contributed by atoms with E-state index < -0.39 is 17.1 Å². The van der Waals surface area contributed by atoms with Crippen molar-refractivity contribution >= 4 is 27.6 Å². The normalized spacial score (nSPS) is 11.0. The van der Waals surface area contributed by atoms with E-state index in [0.29, 0.717) is 33.4 Å². The van der Waals surface area contributed by atoms with Crippen molar-refractivity contribution in [2.45, 2.75) is 6.92 Å². The number of para-hydroxylation sites is 1. The van der Waals surface area contributed by atoms with Crippen molar-refractivity contribution in [2.24, 2.45) is 0 Å². The summed E-state index contributed by atoms with van der Waals surface area (Å²) in [6, 6.07) is 15.7. The van der Waals surface area contributed by atoms with Crippen LogP contribution in [-0.4, -0.2) is 17.6 Å². The van der Waals surface area contributed by atoms with Crippen LogP contribution in [0.25, 0.3) is 33.0 Å². The third-order valence-corrected chi connectivity index (χ3v) is 4.49. The Morgan fingerprint density at radius 3 is 2.37 bits per heavy atom. The van der Waals surface area contributed by atoms with Crippen molar-refractivity contribution in [3.8, 4) is 17.0 Å². The fraction of sp³-hybridized carbons (Fsp3) is 0.0952. The van der Waals surface area contributed by atoms with Crippen LogP contribution in [0.4, 0.5) is 0 Å². The first-order valence-electron chi connectivity index (χ1n) is 8.28. The van der Waals surface area contributed by atoms with Crippen LogP contribution in [0, 0.1) is 0 Å². The molecule has 4 rings (SSSR count). The summed E-state index contributed by atoms with van der Waals surface area (Å²) in [4.78, 5) is 37.6. The zero-order valence-electron chi connectivity index (χ0n) is 14.7. The average Bonchev–Trinajstić information content (AvgIpc) is 2.67. The van der Waals surface area contributed by atoms with Crippen molar-refractivity contribution in [3.05, 3.63) is 75.4 Å². The Balaban J connectivity index is 2.18. The SMILES string of the molecule is COc1ccc(-c2cc3c(c(=O)oc4ccccc43)c(=O)n2C(C)=O)cc1. The van der Waals surface area contributed by atoms with Gasteiger partial charge in [0.1, 0.15) is 16.7 Å². The summed E-state index contributed by atoms with van der Waals surface area (Å²) in [5.74, 6) is 0.169. The lowest BCUT2D eigenvalue weighted by atomic mass is 10.0. The van der Waals surface area contributed by atoms with Gasteiger partial charge in [0, 0.05) is 17.7 Å². The van der Waals surface area contributed by atoms with Crippen molar-refractivity contribution in [3.63, 3.8) is 0 Å². The van der Waals surface area contributed by atoms with Gasteiger partial charge in [-0.05, 0) is 42.0 Å². The van der Waals surface area contributed by atoms with E-state index in [1.54, 1.807) is 61.7 Å². The van der Waals surface area contributed by atoms with Gasteiger partial charge < -0.3 is 9.15 Å². The molecule has 6 nitrogen and oxygen atoms in total. The van der Waals surface area contributed by atoms with Crippen LogP contribution in [0.15, 0.2) is 68.6 Å². The van der Waals surface area contributed by atoms with E-state index in [2.05, 4.69) is 0 Å². The predicted octanol–water partition coefficient (Wildman–Crippen LogP) is 3.44. The average molecular weight is 361 g/mol. The zero-order chi connectivity index (χ0) is 19.1. The van der Waals surface area contributed by atoms with Gasteiger partial charge in [-0.15, -0.1) is 0 Å². The molecule has 2 heterocycles. The number of hydrogen-bond acceptors (Lipinski definition) is 5. The van der Waals surface area contributed by atoms with E-state index in [1.165, 1.54) is 6.92 Å². The highest BCUT2D eigenvalue weighted by Crippen LogP contribution is 2.27. The number of hydrogen-bond donors (Lipinski definition) is 0. The first-order chi connectivity index (χ1) is 13.0. The van der Waals surface area contributed by atoms with Crippen LogP contribution in [0.5, 0.6) is 5.75 Å². The number of pyridine rings is 1. The van der Waals surface area contributed by atoms with Gasteiger partial charge in [0.25, 0.3) is 5.56 Å². The van der Waals surface area contributed by atoms with Gasteiger partial charge in [-0.3, -0.25) is 9.59 Å². The molecule has 0 aliphatic rings. The highest BCUT2D eigenvalue weighted by Gasteiger charge is 2.19. The fourth-order valence-electron chi connectivity index (χ4n) is 3.24. The molecular formula is C21H15NO5. The maximum absolute atomic E-state index is 13.0. The lowest BCUT2D eigenvalue weighted by Crippen LogP contribution is -2.29. The Bertz CT molecular complexity index is 1310. The maximum Gasteiger partial charge on any atom is 0.349 e. The van der Waals surface area contributed by atoms with Crippen molar-refractivity contribution in [1.82, 2.24) is 4.57 Å². The first kappa shape index (κ1) is 16.8. The summed E-state index contributed by atoms with van der Waals surface area (Å²) in [5, 5.41) is 0.950. The minimum atomic E-state index is -0.759. The molecule has 0 bridgehead atoms. The second kappa shape index (κ2) is 6.25. The fourth-order valence-corrected chi connectivity index (χ4v) is 3.24. The predicted molar refractivity (Wildman–Crippen MR) is 103 cm³/mol. The van der Waals surface area contributed by atoms with E-state index in [-0.39, 0.29) is 5.39 Å². The number of rotatable bonds is 2. The summed E-state index contributed by atoms with van der Waals surface area (Å²) in [6.07, 6.45) is 0. The number of carbonyl (C=O) groups is 1. The van der Waals surface area contributed by atoms with E-state index in [4.69, 9.17) is 9.15 Å². The lowest BCUT2D eigenvalue weighted by Gasteiger charge is -2.13. The molecule has 0 atom stereocenters. The minimum absolute atomic E-state index is 0.138. The Kier molecular flexibility index (Phi) is 3.88. The Morgan fingerprint density at radius 2 is 1.70 bits per heavy atom. The van der Waals surface area contributed by atoms with E-state index in [1.807, 2.05) is 0 Å². The zero-order valence-corrected chi connectivity index (χ0v) is 14.7. The molecule has 27 heavy (non-hydrogen) atoms.